The van der Waals surface area contributed by atoms with Crippen LogP contribution in [-0.2, 0) is 4.79 Å². The van der Waals surface area contributed by atoms with E-state index in [-0.39, 0.29) is 17.5 Å². The average molecular weight is 324 g/mol. The van der Waals surface area contributed by atoms with E-state index in [0.717, 1.165) is 11.3 Å². The molecule has 0 atom stereocenters. The van der Waals surface area contributed by atoms with Gasteiger partial charge in [0, 0.05) is 12.1 Å². The van der Waals surface area contributed by atoms with Gasteiger partial charge >= 0.3 is 0 Å². The number of hydrogen-bond donors (Lipinski definition) is 2. The van der Waals surface area contributed by atoms with Crippen LogP contribution in [0.2, 0.25) is 0 Å². The Labute approximate surface area is 141 Å². The molecule has 0 heterocycles. The van der Waals surface area contributed by atoms with Gasteiger partial charge < -0.3 is 15.4 Å². The summed E-state index contributed by atoms with van der Waals surface area (Å²) in [6, 6.07) is 16.0. The summed E-state index contributed by atoms with van der Waals surface area (Å²) in [5, 5.41) is 5.37. The van der Waals surface area contributed by atoms with E-state index in [9.17, 15) is 9.59 Å². The number of carbonyl (C=O) groups excluding carboxylic acids is 2. The van der Waals surface area contributed by atoms with Gasteiger partial charge in [0.05, 0.1) is 7.11 Å². The standard InChI is InChI=1S/C19H20N2O3/c1-3-20-19(23)17(13-14-9-11-16(24-2)12-10-14)21-18(22)15-7-5-4-6-8-15/h4-13H,3H2,1-2H3,(H,20,23)(H,21,22)/b17-13+. The predicted molar refractivity (Wildman–Crippen MR) is 93.6 cm³/mol. The first-order chi connectivity index (χ1) is 11.6. The van der Waals surface area contributed by atoms with Crippen LogP contribution in [0.5, 0.6) is 5.75 Å². The third kappa shape index (κ3) is 4.71. The van der Waals surface area contributed by atoms with Gasteiger partial charge in [-0.05, 0) is 42.8 Å². The van der Waals surface area contributed by atoms with Crippen LogP contribution in [0, 0.1) is 0 Å². The summed E-state index contributed by atoms with van der Waals surface area (Å²) < 4.78 is 5.11. The maximum atomic E-state index is 12.3. The second-order valence-corrected chi connectivity index (χ2v) is 5.01. The number of hydrogen-bond acceptors (Lipinski definition) is 3. The largest absolute Gasteiger partial charge is 0.497 e. The Balaban J connectivity index is 2.25. The molecule has 0 aliphatic rings. The minimum absolute atomic E-state index is 0.191. The van der Waals surface area contributed by atoms with Crippen LogP contribution >= 0.6 is 0 Å². The summed E-state index contributed by atoms with van der Waals surface area (Å²) in [6.45, 7) is 2.29. The van der Waals surface area contributed by atoms with Crippen molar-refractivity contribution in [2.24, 2.45) is 0 Å². The number of amides is 2. The van der Waals surface area contributed by atoms with Gasteiger partial charge in [-0.3, -0.25) is 9.59 Å². The van der Waals surface area contributed by atoms with Crippen molar-refractivity contribution in [1.82, 2.24) is 10.6 Å². The average Bonchev–Trinajstić information content (AvgIpc) is 2.62. The Morgan fingerprint density at radius 1 is 1.04 bits per heavy atom. The SMILES string of the molecule is CCNC(=O)/C(=C\c1ccc(OC)cc1)NC(=O)c1ccccc1. The van der Waals surface area contributed by atoms with Crippen LogP contribution in [0.4, 0.5) is 0 Å². The molecule has 24 heavy (non-hydrogen) atoms. The molecule has 0 radical (unpaired) electrons. The molecule has 0 fully saturated rings. The number of carbonyl (C=O) groups is 2. The third-order valence-electron chi connectivity index (χ3n) is 3.29. The third-order valence-corrected chi connectivity index (χ3v) is 3.29. The number of nitrogens with one attached hydrogen (secondary N) is 2. The summed E-state index contributed by atoms with van der Waals surface area (Å²) in [5.41, 5.74) is 1.46. The maximum absolute atomic E-state index is 12.3. The number of rotatable bonds is 6. The molecular formula is C19H20N2O3. The number of likely N-dealkylation sites (N-methyl/N-ethyl adjacent to an activating group) is 1. The van der Waals surface area contributed by atoms with Gasteiger partial charge in [-0.15, -0.1) is 0 Å². The molecule has 2 amide bonds. The lowest BCUT2D eigenvalue weighted by Gasteiger charge is -2.10. The molecule has 0 aliphatic heterocycles. The van der Waals surface area contributed by atoms with Crippen molar-refractivity contribution < 1.29 is 14.3 Å². The zero-order valence-corrected chi connectivity index (χ0v) is 13.7. The van der Waals surface area contributed by atoms with Crippen molar-refractivity contribution in [3.05, 3.63) is 71.4 Å². The van der Waals surface area contributed by atoms with Gasteiger partial charge in [-0.1, -0.05) is 30.3 Å². The van der Waals surface area contributed by atoms with E-state index < -0.39 is 0 Å². The van der Waals surface area contributed by atoms with Crippen LogP contribution in [0.15, 0.2) is 60.3 Å². The molecule has 0 spiro atoms. The van der Waals surface area contributed by atoms with Gasteiger partial charge in [-0.25, -0.2) is 0 Å². The maximum Gasteiger partial charge on any atom is 0.267 e. The first-order valence-corrected chi connectivity index (χ1v) is 7.64. The minimum Gasteiger partial charge on any atom is -0.497 e. The molecule has 0 saturated heterocycles. The van der Waals surface area contributed by atoms with E-state index in [2.05, 4.69) is 10.6 Å². The molecule has 0 aromatic heterocycles. The lowest BCUT2D eigenvalue weighted by molar-refractivity contribution is -0.117. The molecule has 5 heteroatoms. The Morgan fingerprint density at radius 2 is 1.71 bits per heavy atom. The zero-order valence-electron chi connectivity index (χ0n) is 13.7. The van der Waals surface area contributed by atoms with E-state index in [1.54, 1.807) is 49.6 Å². The van der Waals surface area contributed by atoms with E-state index in [0.29, 0.717) is 12.1 Å². The molecule has 124 valence electrons. The summed E-state index contributed by atoms with van der Waals surface area (Å²) >= 11 is 0. The minimum atomic E-state index is -0.336. The lowest BCUT2D eigenvalue weighted by atomic mass is 10.1. The number of ether oxygens (including phenoxy) is 1. The van der Waals surface area contributed by atoms with Crippen LogP contribution in [0.3, 0.4) is 0 Å². The Morgan fingerprint density at radius 3 is 2.29 bits per heavy atom. The predicted octanol–water partition coefficient (Wildman–Crippen LogP) is 2.60. The molecule has 0 saturated carbocycles. The van der Waals surface area contributed by atoms with Gasteiger partial charge in [0.25, 0.3) is 11.8 Å². The molecule has 0 bridgehead atoms. The highest BCUT2D eigenvalue weighted by Gasteiger charge is 2.13. The van der Waals surface area contributed by atoms with Gasteiger partial charge in [0.2, 0.25) is 0 Å². The Kier molecular flexibility index (Phi) is 6.14. The highest BCUT2D eigenvalue weighted by atomic mass is 16.5. The van der Waals surface area contributed by atoms with Crippen molar-refractivity contribution in [2.75, 3.05) is 13.7 Å². The summed E-state index contributed by atoms with van der Waals surface area (Å²) in [7, 11) is 1.59. The molecule has 2 N–H and O–H groups in total. The zero-order chi connectivity index (χ0) is 17.4. The summed E-state index contributed by atoms with van der Waals surface area (Å²) in [5.74, 6) is 0.0549. The van der Waals surface area contributed by atoms with E-state index in [1.165, 1.54) is 0 Å². The van der Waals surface area contributed by atoms with Gasteiger partial charge in [0.15, 0.2) is 0 Å². The van der Waals surface area contributed by atoms with E-state index in [4.69, 9.17) is 4.74 Å². The normalized spacial score (nSPS) is 10.8. The van der Waals surface area contributed by atoms with Crippen LogP contribution in [-0.4, -0.2) is 25.5 Å². The van der Waals surface area contributed by atoms with E-state index in [1.807, 2.05) is 25.1 Å². The Bertz CT molecular complexity index is 722. The highest BCUT2D eigenvalue weighted by Crippen LogP contribution is 2.14. The second kappa shape index (κ2) is 8.53. The highest BCUT2D eigenvalue weighted by molar-refractivity contribution is 6.05. The molecular weight excluding hydrogens is 304 g/mol. The smallest absolute Gasteiger partial charge is 0.267 e. The quantitative estimate of drug-likeness (QED) is 0.803. The van der Waals surface area contributed by atoms with Gasteiger partial charge in [-0.2, -0.15) is 0 Å². The first kappa shape index (κ1) is 17.3. The van der Waals surface area contributed by atoms with E-state index >= 15 is 0 Å². The van der Waals surface area contributed by atoms with Crippen molar-refractivity contribution in [1.29, 1.82) is 0 Å². The molecule has 5 nitrogen and oxygen atoms in total. The summed E-state index contributed by atoms with van der Waals surface area (Å²) in [6.07, 6.45) is 1.63. The van der Waals surface area contributed by atoms with Crippen molar-refractivity contribution in [3.63, 3.8) is 0 Å². The van der Waals surface area contributed by atoms with Crippen molar-refractivity contribution >= 4 is 17.9 Å². The monoisotopic (exact) mass is 324 g/mol. The fourth-order valence-corrected chi connectivity index (χ4v) is 2.06. The van der Waals surface area contributed by atoms with Crippen LogP contribution in [0.25, 0.3) is 6.08 Å². The Hall–Kier alpha value is -3.08. The molecule has 0 aliphatic carbocycles. The fraction of sp³-hybridized carbons (Fsp3) is 0.158. The molecule has 2 aromatic rings. The van der Waals surface area contributed by atoms with Gasteiger partial charge in [0.1, 0.15) is 11.4 Å². The number of methoxy groups -OCH3 is 1. The van der Waals surface area contributed by atoms with Crippen molar-refractivity contribution in [2.45, 2.75) is 6.92 Å². The fourth-order valence-electron chi connectivity index (χ4n) is 2.06. The molecule has 2 aromatic carbocycles. The second-order valence-electron chi connectivity index (χ2n) is 5.01. The van der Waals surface area contributed by atoms with Crippen molar-refractivity contribution in [3.8, 4) is 5.75 Å². The lowest BCUT2D eigenvalue weighted by Crippen LogP contribution is -2.34. The first-order valence-electron chi connectivity index (χ1n) is 7.64. The molecule has 0 unspecified atom stereocenters. The van der Waals surface area contributed by atoms with Crippen LogP contribution < -0.4 is 15.4 Å². The number of benzene rings is 2. The molecule has 2 rings (SSSR count). The summed E-state index contributed by atoms with van der Waals surface area (Å²) in [4.78, 5) is 24.5. The van der Waals surface area contributed by atoms with Crippen LogP contribution in [0.1, 0.15) is 22.8 Å². The topological polar surface area (TPSA) is 67.4 Å².